The Balaban J connectivity index is 1.68. The van der Waals surface area contributed by atoms with Crippen LogP contribution >= 0.6 is 11.3 Å². The lowest BCUT2D eigenvalue weighted by Gasteiger charge is -2.37. The summed E-state index contributed by atoms with van der Waals surface area (Å²) in [6, 6.07) is 6.45. The maximum Gasteiger partial charge on any atom is 0.250 e. The number of benzene rings is 1. The Morgan fingerprint density at radius 3 is 2.75 bits per heavy atom. The quantitative estimate of drug-likeness (QED) is 0.672. The monoisotopic (exact) mass is 454 g/mol. The number of para-hydroxylation sites is 1. The minimum absolute atomic E-state index is 0.0800. The van der Waals surface area contributed by atoms with Gasteiger partial charge in [-0.15, -0.1) is 0 Å². The highest BCUT2D eigenvalue weighted by Gasteiger charge is 2.38. The molecule has 3 heterocycles. The van der Waals surface area contributed by atoms with Crippen molar-refractivity contribution in [3.8, 4) is 0 Å². The van der Waals surface area contributed by atoms with Crippen LogP contribution in [-0.4, -0.2) is 36.3 Å². The van der Waals surface area contributed by atoms with Crippen LogP contribution in [0, 0.1) is 5.92 Å². The zero-order valence-electron chi connectivity index (χ0n) is 18.5. The first-order valence-electron chi connectivity index (χ1n) is 11.2. The van der Waals surface area contributed by atoms with E-state index in [1.54, 1.807) is 21.1 Å². The van der Waals surface area contributed by atoms with Gasteiger partial charge in [0.25, 0.3) is 0 Å². The van der Waals surface area contributed by atoms with E-state index in [2.05, 4.69) is 5.32 Å². The van der Waals surface area contributed by atoms with Gasteiger partial charge < -0.3 is 20.9 Å². The molecule has 4 rings (SSSR count). The van der Waals surface area contributed by atoms with Crippen LogP contribution in [0.5, 0.6) is 0 Å². The molecule has 1 aromatic carbocycles. The summed E-state index contributed by atoms with van der Waals surface area (Å²) in [5.41, 5.74) is 9.57. The van der Waals surface area contributed by atoms with E-state index in [4.69, 9.17) is 5.73 Å². The van der Waals surface area contributed by atoms with Crippen molar-refractivity contribution >= 4 is 40.4 Å². The zero-order valence-corrected chi connectivity index (χ0v) is 19.4. The number of hydrogen-bond acceptors (Lipinski definition) is 5. The molecule has 1 aromatic heterocycles. The highest BCUT2D eigenvalue weighted by Crippen LogP contribution is 2.40. The molecule has 2 aliphatic rings. The second kappa shape index (κ2) is 9.42. The maximum absolute atomic E-state index is 13.6. The molecule has 3 N–H and O–H groups in total. The molecule has 0 saturated carbocycles. The fraction of sp³-hybridized carbons (Fsp3) is 0.458. The van der Waals surface area contributed by atoms with E-state index in [1.807, 2.05) is 48.9 Å². The minimum atomic E-state index is -0.684. The Labute approximate surface area is 192 Å². The van der Waals surface area contributed by atoms with Gasteiger partial charge in [0, 0.05) is 19.4 Å². The second-order valence-electron chi connectivity index (χ2n) is 8.99. The molecule has 7 nitrogen and oxygen atoms in total. The Morgan fingerprint density at radius 2 is 2.09 bits per heavy atom. The highest BCUT2D eigenvalue weighted by molar-refractivity contribution is 7.07. The van der Waals surface area contributed by atoms with Crippen LogP contribution in [0.1, 0.15) is 44.2 Å². The van der Waals surface area contributed by atoms with Gasteiger partial charge in [-0.25, -0.2) is 0 Å². The average molecular weight is 455 g/mol. The van der Waals surface area contributed by atoms with Crippen LogP contribution in [0.3, 0.4) is 0 Å². The van der Waals surface area contributed by atoms with Crippen molar-refractivity contribution < 1.29 is 14.4 Å². The molecule has 0 aliphatic carbocycles. The summed E-state index contributed by atoms with van der Waals surface area (Å²) >= 11 is 1.57. The molecular formula is C24H30N4O3S. The van der Waals surface area contributed by atoms with Gasteiger partial charge in [-0.05, 0) is 52.8 Å². The number of thiophene rings is 1. The summed E-state index contributed by atoms with van der Waals surface area (Å²) in [4.78, 5) is 42.3. The lowest BCUT2D eigenvalue weighted by molar-refractivity contribution is -0.128. The summed E-state index contributed by atoms with van der Waals surface area (Å²) in [5.74, 6) is -0.111. The van der Waals surface area contributed by atoms with Crippen molar-refractivity contribution in [3.05, 3.63) is 46.2 Å². The van der Waals surface area contributed by atoms with Crippen LogP contribution in [0.4, 0.5) is 11.4 Å². The van der Waals surface area contributed by atoms with Crippen molar-refractivity contribution in [2.75, 3.05) is 16.3 Å². The number of carbonyl (C=O) groups is 3. The number of nitrogens with zero attached hydrogens (tertiary/aromatic N) is 2. The zero-order chi connectivity index (χ0) is 22.8. The number of amides is 3. The van der Waals surface area contributed by atoms with Crippen LogP contribution in [0.2, 0.25) is 0 Å². The van der Waals surface area contributed by atoms with E-state index < -0.39 is 12.1 Å². The summed E-state index contributed by atoms with van der Waals surface area (Å²) in [6.07, 6.45) is 2.27. The third kappa shape index (κ3) is 4.56. The molecule has 2 aliphatic heterocycles. The number of carbonyl (C=O) groups excluding carboxylic acids is 3. The van der Waals surface area contributed by atoms with Crippen LogP contribution in [0.15, 0.2) is 35.0 Å². The first kappa shape index (κ1) is 22.5. The van der Waals surface area contributed by atoms with E-state index in [0.717, 1.165) is 28.9 Å². The minimum Gasteiger partial charge on any atom is -0.343 e. The summed E-state index contributed by atoms with van der Waals surface area (Å²) < 4.78 is 0. The molecule has 1 saturated heterocycles. The third-order valence-corrected chi connectivity index (χ3v) is 6.75. The first-order chi connectivity index (χ1) is 15.3. The molecule has 2 atom stereocenters. The van der Waals surface area contributed by atoms with Crippen molar-refractivity contribution in [2.45, 2.75) is 58.2 Å². The first-order valence-corrected chi connectivity index (χ1v) is 12.1. The molecule has 0 radical (unpaired) electrons. The molecule has 2 aromatic rings. The number of nitrogens with one attached hydrogen (secondary N) is 1. The van der Waals surface area contributed by atoms with Crippen molar-refractivity contribution in [2.24, 2.45) is 11.7 Å². The van der Waals surface area contributed by atoms with Crippen LogP contribution < -0.4 is 20.9 Å². The summed E-state index contributed by atoms with van der Waals surface area (Å²) in [5, 5.41) is 6.88. The molecular weight excluding hydrogens is 424 g/mol. The standard InChI is InChI=1S/C24H30N4O3S/c1-15(2)11-18(25)23(30)26-19-12-17-5-3-6-20(27-9-4-7-21(27)29)22(17)28(24(19)31)13-16-8-10-32-14-16/h3,5-6,8,10,14-15,18-19H,4,7,9,11-13,25H2,1-2H3,(H,26,30). The SMILES string of the molecule is CC(C)CC(N)C(=O)NC1Cc2cccc(N3CCCC3=O)c2N(Cc2ccsc2)C1=O. The predicted octanol–water partition coefficient (Wildman–Crippen LogP) is 2.82. The van der Waals surface area contributed by atoms with Crippen molar-refractivity contribution in [1.29, 1.82) is 0 Å². The van der Waals surface area contributed by atoms with Gasteiger partial charge in [-0.1, -0.05) is 26.0 Å². The Kier molecular flexibility index (Phi) is 6.62. The molecule has 1 fully saturated rings. The smallest absolute Gasteiger partial charge is 0.250 e. The van der Waals surface area contributed by atoms with Gasteiger partial charge in [0.15, 0.2) is 0 Å². The van der Waals surface area contributed by atoms with Gasteiger partial charge in [-0.3, -0.25) is 14.4 Å². The van der Waals surface area contributed by atoms with Crippen LogP contribution in [-0.2, 0) is 27.3 Å². The average Bonchev–Trinajstić information content (AvgIpc) is 3.41. The highest BCUT2D eigenvalue weighted by atomic mass is 32.1. The van der Waals surface area contributed by atoms with E-state index in [9.17, 15) is 14.4 Å². The lowest BCUT2D eigenvalue weighted by Crippen LogP contribution is -2.56. The largest absolute Gasteiger partial charge is 0.343 e. The predicted molar refractivity (Wildman–Crippen MR) is 127 cm³/mol. The molecule has 0 bridgehead atoms. The number of fused-ring (bicyclic) bond motifs is 1. The van der Waals surface area contributed by atoms with E-state index in [1.165, 1.54) is 0 Å². The molecule has 2 unspecified atom stereocenters. The number of rotatable bonds is 7. The Bertz CT molecular complexity index is 1000. The number of nitrogens with two attached hydrogens (primary N) is 1. The molecule has 8 heteroatoms. The van der Waals surface area contributed by atoms with E-state index in [-0.39, 0.29) is 23.6 Å². The van der Waals surface area contributed by atoms with Gasteiger partial charge in [0.1, 0.15) is 6.04 Å². The van der Waals surface area contributed by atoms with Gasteiger partial charge >= 0.3 is 0 Å². The second-order valence-corrected chi connectivity index (χ2v) is 9.77. The van der Waals surface area contributed by atoms with Crippen LogP contribution in [0.25, 0.3) is 0 Å². The topological polar surface area (TPSA) is 95.7 Å². The third-order valence-electron chi connectivity index (χ3n) is 6.02. The lowest BCUT2D eigenvalue weighted by atomic mass is 9.94. The Hall–Kier alpha value is -2.71. The summed E-state index contributed by atoms with van der Waals surface area (Å²) in [7, 11) is 0. The molecule has 32 heavy (non-hydrogen) atoms. The number of anilines is 2. The van der Waals surface area contributed by atoms with E-state index >= 15 is 0 Å². The molecule has 0 spiro atoms. The van der Waals surface area contributed by atoms with E-state index in [0.29, 0.717) is 32.4 Å². The fourth-order valence-corrected chi connectivity index (χ4v) is 5.17. The molecule has 170 valence electrons. The van der Waals surface area contributed by atoms with Gasteiger partial charge in [0.2, 0.25) is 17.7 Å². The van der Waals surface area contributed by atoms with Gasteiger partial charge in [-0.2, -0.15) is 11.3 Å². The maximum atomic E-state index is 13.6. The number of hydrogen-bond donors (Lipinski definition) is 2. The van der Waals surface area contributed by atoms with Gasteiger partial charge in [0.05, 0.1) is 24.0 Å². The summed E-state index contributed by atoms with van der Waals surface area (Å²) in [6.45, 7) is 5.07. The molecule has 3 amide bonds. The normalized spacial score (nSPS) is 19.4. The Morgan fingerprint density at radius 1 is 1.28 bits per heavy atom. The fourth-order valence-electron chi connectivity index (χ4n) is 4.51. The van der Waals surface area contributed by atoms with Crippen molar-refractivity contribution in [1.82, 2.24) is 5.32 Å². The van der Waals surface area contributed by atoms with Crippen molar-refractivity contribution in [3.63, 3.8) is 0 Å².